The molecule has 0 aromatic heterocycles. The van der Waals surface area contributed by atoms with Crippen LogP contribution in [0.25, 0.3) is 0 Å². The summed E-state index contributed by atoms with van der Waals surface area (Å²) in [6.45, 7) is 0.255. The summed E-state index contributed by atoms with van der Waals surface area (Å²) in [5.74, 6) is 0.601. The summed E-state index contributed by atoms with van der Waals surface area (Å²) in [7, 11) is -2.35. The second kappa shape index (κ2) is 8.74. The molecule has 0 aliphatic heterocycles. The predicted molar refractivity (Wildman–Crippen MR) is 95.4 cm³/mol. The van der Waals surface area contributed by atoms with Gasteiger partial charge in [-0.3, -0.25) is 0 Å². The highest BCUT2D eigenvalue weighted by Gasteiger charge is 2.29. The molecule has 1 fully saturated rings. The Kier molecular flexibility index (Phi) is 7.90. The Morgan fingerprint density at radius 3 is 2.43 bits per heavy atom. The van der Waals surface area contributed by atoms with E-state index in [2.05, 4.69) is 4.72 Å². The second-order valence-electron chi connectivity index (χ2n) is 5.43. The number of hydrogen-bond donors (Lipinski definition) is 2. The summed E-state index contributed by atoms with van der Waals surface area (Å²) >= 11 is 12.1. The fourth-order valence-electron chi connectivity index (χ4n) is 2.83. The van der Waals surface area contributed by atoms with Crippen LogP contribution < -0.4 is 15.2 Å². The molecule has 1 aromatic carbocycles. The zero-order valence-electron chi connectivity index (χ0n) is 12.7. The number of benzene rings is 1. The first-order valence-corrected chi connectivity index (χ1v) is 9.38. The van der Waals surface area contributed by atoms with E-state index < -0.39 is 10.0 Å². The Morgan fingerprint density at radius 2 is 1.91 bits per heavy atom. The van der Waals surface area contributed by atoms with Gasteiger partial charge in [-0.05, 0) is 24.8 Å². The smallest absolute Gasteiger partial charge is 0.242 e. The number of nitrogens with two attached hydrogens (primary N) is 1. The van der Waals surface area contributed by atoms with Gasteiger partial charge in [0.1, 0.15) is 10.6 Å². The van der Waals surface area contributed by atoms with Crippen molar-refractivity contribution in [2.45, 2.75) is 36.6 Å². The Morgan fingerprint density at radius 1 is 1.30 bits per heavy atom. The van der Waals surface area contributed by atoms with Crippen molar-refractivity contribution in [3.63, 3.8) is 0 Å². The summed E-state index contributed by atoms with van der Waals surface area (Å²) in [6, 6.07) is 2.41. The van der Waals surface area contributed by atoms with Gasteiger partial charge in [-0.15, -0.1) is 12.4 Å². The lowest BCUT2D eigenvalue weighted by atomic mass is 9.99. The molecule has 0 saturated heterocycles. The molecule has 1 atom stereocenters. The first-order valence-electron chi connectivity index (χ1n) is 7.14. The standard InChI is InChI=1S/C14H20Cl2N2O3S.ClH/c1-21-13-6-11(16)14(7-10(13)15)22(19,20)18-12(8-17)9-4-2-3-5-9;/h6-7,9,12,18H,2-5,8,17H2,1H3;1H. The first-order chi connectivity index (χ1) is 10.4. The van der Waals surface area contributed by atoms with E-state index >= 15 is 0 Å². The summed E-state index contributed by atoms with van der Waals surface area (Å²) in [5, 5.41) is 0.258. The molecular formula is C14H21Cl3N2O3S. The van der Waals surface area contributed by atoms with Crippen LogP contribution in [0.3, 0.4) is 0 Å². The van der Waals surface area contributed by atoms with Gasteiger partial charge in [-0.1, -0.05) is 36.0 Å². The minimum Gasteiger partial charge on any atom is -0.495 e. The molecule has 1 aromatic rings. The number of nitrogens with one attached hydrogen (secondary N) is 1. The molecule has 0 spiro atoms. The zero-order valence-corrected chi connectivity index (χ0v) is 15.9. The fraction of sp³-hybridized carbons (Fsp3) is 0.571. The third-order valence-electron chi connectivity index (χ3n) is 4.03. The maximum atomic E-state index is 12.6. The molecule has 1 unspecified atom stereocenters. The first kappa shape index (κ1) is 20.8. The molecule has 23 heavy (non-hydrogen) atoms. The Hall–Kier alpha value is -0.240. The topological polar surface area (TPSA) is 81.4 Å². The number of hydrogen-bond acceptors (Lipinski definition) is 4. The quantitative estimate of drug-likeness (QED) is 0.764. The molecule has 0 amide bonds. The fourth-order valence-corrected chi connectivity index (χ4v) is 5.00. The average molecular weight is 404 g/mol. The molecule has 0 bridgehead atoms. The number of ether oxygens (including phenoxy) is 1. The van der Waals surface area contributed by atoms with Crippen LogP contribution in [0.4, 0.5) is 0 Å². The number of sulfonamides is 1. The van der Waals surface area contributed by atoms with Crippen LogP contribution in [0, 0.1) is 5.92 Å². The molecule has 2 rings (SSSR count). The molecular weight excluding hydrogens is 383 g/mol. The SMILES string of the molecule is COc1cc(Cl)c(S(=O)(=O)NC(CN)C2CCCC2)cc1Cl.Cl. The highest BCUT2D eigenvalue weighted by atomic mass is 35.5. The van der Waals surface area contributed by atoms with Gasteiger partial charge in [0, 0.05) is 18.7 Å². The van der Waals surface area contributed by atoms with Crippen LogP contribution in [0.1, 0.15) is 25.7 Å². The van der Waals surface area contributed by atoms with Crippen LogP contribution in [-0.4, -0.2) is 28.1 Å². The van der Waals surface area contributed by atoms with E-state index in [0.29, 0.717) is 5.75 Å². The Labute approximate surface area is 153 Å². The summed E-state index contributed by atoms with van der Waals surface area (Å²) in [5.41, 5.74) is 5.75. The van der Waals surface area contributed by atoms with E-state index in [1.165, 1.54) is 19.2 Å². The van der Waals surface area contributed by atoms with Gasteiger partial charge in [0.2, 0.25) is 10.0 Å². The molecule has 1 saturated carbocycles. The normalized spacial score (nSPS) is 16.9. The molecule has 0 radical (unpaired) electrons. The van der Waals surface area contributed by atoms with Gasteiger partial charge in [-0.25, -0.2) is 13.1 Å². The Balaban J connectivity index is 0.00000264. The highest BCUT2D eigenvalue weighted by molar-refractivity contribution is 7.89. The Bertz CT molecular complexity index is 634. The van der Waals surface area contributed by atoms with Crippen molar-refractivity contribution >= 4 is 45.6 Å². The largest absolute Gasteiger partial charge is 0.495 e. The molecule has 132 valence electrons. The average Bonchev–Trinajstić information content (AvgIpc) is 3.00. The van der Waals surface area contributed by atoms with Gasteiger partial charge in [0.25, 0.3) is 0 Å². The molecule has 5 nitrogen and oxygen atoms in total. The maximum Gasteiger partial charge on any atom is 0.242 e. The molecule has 0 heterocycles. The van der Waals surface area contributed by atoms with Crippen LogP contribution in [0.2, 0.25) is 10.0 Å². The van der Waals surface area contributed by atoms with E-state index in [-0.39, 0.29) is 45.9 Å². The van der Waals surface area contributed by atoms with Crippen molar-refractivity contribution in [3.05, 3.63) is 22.2 Å². The minimum atomic E-state index is -3.79. The van der Waals surface area contributed by atoms with Gasteiger partial charge in [0.15, 0.2) is 0 Å². The monoisotopic (exact) mass is 402 g/mol. The lowest BCUT2D eigenvalue weighted by Gasteiger charge is -2.23. The molecule has 1 aliphatic rings. The number of halogens is 3. The van der Waals surface area contributed by atoms with Crippen molar-refractivity contribution < 1.29 is 13.2 Å². The van der Waals surface area contributed by atoms with Crippen LogP contribution in [-0.2, 0) is 10.0 Å². The molecule has 9 heteroatoms. The van der Waals surface area contributed by atoms with Crippen molar-refractivity contribution in [3.8, 4) is 5.75 Å². The van der Waals surface area contributed by atoms with Crippen LogP contribution >= 0.6 is 35.6 Å². The molecule has 1 aliphatic carbocycles. The zero-order chi connectivity index (χ0) is 16.3. The van der Waals surface area contributed by atoms with Crippen LogP contribution in [0.15, 0.2) is 17.0 Å². The van der Waals surface area contributed by atoms with Crippen molar-refractivity contribution in [2.24, 2.45) is 11.7 Å². The summed E-state index contributed by atoms with van der Waals surface area (Å²) in [6.07, 6.45) is 4.19. The third-order valence-corrected chi connectivity index (χ3v) is 6.28. The van der Waals surface area contributed by atoms with Crippen LogP contribution in [0.5, 0.6) is 5.75 Å². The van der Waals surface area contributed by atoms with E-state index in [1.54, 1.807) is 0 Å². The summed E-state index contributed by atoms with van der Waals surface area (Å²) in [4.78, 5) is -0.0589. The highest BCUT2D eigenvalue weighted by Crippen LogP contribution is 2.34. The number of methoxy groups -OCH3 is 1. The van der Waals surface area contributed by atoms with Gasteiger partial charge in [0.05, 0.1) is 17.2 Å². The number of rotatable bonds is 6. The molecule has 3 N–H and O–H groups in total. The third kappa shape index (κ3) is 4.87. The predicted octanol–water partition coefficient (Wildman–Crippen LogP) is 3.22. The second-order valence-corrected chi connectivity index (χ2v) is 7.92. The van der Waals surface area contributed by atoms with Gasteiger partial charge < -0.3 is 10.5 Å². The lowest BCUT2D eigenvalue weighted by molar-refractivity contribution is 0.405. The van der Waals surface area contributed by atoms with Gasteiger partial charge >= 0.3 is 0 Å². The van der Waals surface area contributed by atoms with E-state index in [0.717, 1.165) is 25.7 Å². The van der Waals surface area contributed by atoms with E-state index in [9.17, 15) is 8.42 Å². The van der Waals surface area contributed by atoms with E-state index in [1.807, 2.05) is 0 Å². The van der Waals surface area contributed by atoms with Gasteiger partial charge in [-0.2, -0.15) is 0 Å². The summed E-state index contributed by atoms with van der Waals surface area (Å²) < 4.78 is 32.9. The lowest BCUT2D eigenvalue weighted by Crippen LogP contribution is -2.44. The van der Waals surface area contributed by atoms with Crippen molar-refractivity contribution in [1.29, 1.82) is 0 Å². The maximum absolute atomic E-state index is 12.6. The minimum absolute atomic E-state index is 0. The van der Waals surface area contributed by atoms with Crippen molar-refractivity contribution in [1.82, 2.24) is 4.72 Å². The van der Waals surface area contributed by atoms with Crippen molar-refractivity contribution in [2.75, 3.05) is 13.7 Å². The van der Waals surface area contributed by atoms with E-state index in [4.69, 9.17) is 33.7 Å².